The van der Waals surface area contributed by atoms with Crippen LogP contribution in [0.1, 0.15) is 44.7 Å². The van der Waals surface area contributed by atoms with Gasteiger partial charge in [-0.3, -0.25) is 9.59 Å². The number of hydrogen-bond donors (Lipinski definition) is 1. The minimum atomic E-state index is -0.256. The normalized spacial score (nSPS) is 13.6. The molecule has 1 aliphatic heterocycles. The summed E-state index contributed by atoms with van der Waals surface area (Å²) in [6.07, 6.45) is 2.06. The lowest BCUT2D eigenvalue weighted by molar-refractivity contribution is 0.0794. The van der Waals surface area contributed by atoms with Crippen molar-refractivity contribution in [3.05, 3.63) is 58.7 Å². The summed E-state index contributed by atoms with van der Waals surface area (Å²) >= 11 is 0. The molecule has 5 nitrogen and oxygen atoms in total. The number of ether oxygens (including phenoxy) is 1. The molecule has 2 aromatic rings. The molecule has 0 bridgehead atoms. The highest BCUT2D eigenvalue weighted by Gasteiger charge is 2.23. The van der Waals surface area contributed by atoms with Crippen molar-refractivity contribution in [1.82, 2.24) is 4.90 Å². The monoisotopic (exact) mass is 352 g/mol. The molecule has 0 spiro atoms. The van der Waals surface area contributed by atoms with E-state index in [0.29, 0.717) is 22.6 Å². The molecule has 0 saturated carbocycles. The molecular formula is C21H24N2O3. The van der Waals surface area contributed by atoms with Gasteiger partial charge in [0.15, 0.2) is 0 Å². The summed E-state index contributed by atoms with van der Waals surface area (Å²) in [5.41, 5.74) is 3.44. The van der Waals surface area contributed by atoms with Crippen LogP contribution in [0.3, 0.4) is 0 Å². The average Bonchev–Trinajstić information content (AvgIpc) is 3.17. The highest BCUT2D eigenvalue weighted by Crippen LogP contribution is 2.25. The van der Waals surface area contributed by atoms with E-state index in [0.717, 1.165) is 37.1 Å². The van der Waals surface area contributed by atoms with Gasteiger partial charge in [-0.25, -0.2) is 0 Å². The summed E-state index contributed by atoms with van der Waals surface area (Å²) in [6, 6.07) is 10.8. The molecule has 26 heavy (non-hydrogen) atoms. The van der Waals surface area contributed by atoms with Crippen LogP contribution in [-0.4, -0.2) is 36.9 Å². The van der Waals surface area contributed by atoms with E-state index >= 15 is 0 Å². The Morgan fingerprint density at radius 2 is 1.77 bits per heavy atom. The smallest absolute Gasteiger partial charge is 0.255 e. The second-order valence-electron chi connectivity index (χ2n) is 6.64. The minimum Gasteiger partial charge on any atom is -0.496 e. The Balaban J connectivity index is 1.89. The summed E-state index contributed by atoms with van der Waals surface area (Å²) in [6.45, 7) is 5.37. The quantitative estimate of drug-likeness (QED) is 0.910. The first kappa shape index (κ1) is 18.0. The molecule has 2 aromatic carbocycles. The zero-order valence-corrected chi connectivity index (χ0v) is 15.5. The first-order valence-corrected chi connectivity index (χ1v) is 8.86. The lowest BCUT2D eigenvalue weighted by Crippen LogP contribution is -2.29. The minimum absolute atomic E-state index is 0.0250. The van der Waals surface area contributed by atoms with Gasteiger partial charge in [0, 0.05) is 18.7 Å². The SMILES string of the molecule is COc1cc(C(=O)Nc2c(C)cccc2C(=O)N2CCCC2)ccc1C. The van der Waals surface area contributed by atoms with E-state index in [1.165, 1.54) is 0 Å². The average molecular weight is 352 g/mol. The van der Waals surface area contributed by atoms with Crippen LogP contribution in [-0.2, 0) is 0 Å². The van der Waals surface area contributed by atoms with E-state index in [9.17, 15) is 9.59 Å². The van der Waals surface area contributed by atoms with Gasteiger partial charge >= 0.3 is 0 Å². The van der Waals surface area contributed by atoms with Crippen LogP contribution in [0.15, 0.2) is 36.4 Å². The maximum Gasteiger partial charge on any atom is 0.255 e. The van der Waals surface area contributed by atoms with Gasteiger partial charge in [0.05, 0.1) is 18.4 Å². The molecule has 1 aliphatic rings. The largest absolute Gasteiger partial charge is 0.496 e. The zero-order chi connectivity index (χ0) is 18.7. The number of hydrogen-bond acceptors (Lipinski definition) is 3. The molecule has 0 aromatic heterocycles. The van der Waals surface area contributed by atoms with Crippen LogP contribution in [0.5, 0.6) is 5.75 Å². The summed E-state index contributed by atoms with van der Waals surface area (Å²) in [4.78, 5) is 27.4. The van der Waals surface area contributed by atoms with Gasteiger partial charge in [0.25, 0.3) is 11.8 Å². The number of para-hydroxylation sites is 1. The molecule has 3 rings (SSSR count). The van der Waals surface area contributed by atoms with Gasteiger partial charge in [-0.05, 0) is 56.0 Å². The van der Waals surface area contributed by atoms with Crippen LogP contribution in [0.25, 0.3) is 0 Å². The van der Waals surface area contributed by atoms with E-state index in [2.05, 4.69) is 5.32 Å². The van der Waals surface area contributed by atoms with Crippen molar-refractivity contribution in [2.45, 2.75) is 26.7 Å². The van der Waals surface area contributed by atoms with Gasteiger partial charge in [0.2, 0.25) is 0 Å². The van der Waals surface area contributed by atoms with Gasteiger partial charge < -0.3 is 15.0 Å². The van der Waals surface area contributed by atoms with E-state index < -0.39 is 0 Å². The Morgan fingerprint density at radius 3 is 2.46 bits per heavy atom. The number of aryl methyl sites for hydroxylation is 2. The number of carbonyl (C=O) groups excluding carboxylic acids is 2. The molecule has 0 aliphatic carbocycles. The fourth-order valence-electron chi connectivity index (χ4n) is 3.25. The molecule has 5 heteroatoms. The molecule has 2 amide bonds. The van der Waals surface area contributed by atoms with Crippen molar-refractivity contribution in [2.24, 2.45) is 0 Å². The Kier molecular flexibility index (Phi) is 5.26. The highest BCUT2D eigenvalue weighted by atomic mass is 16.5. The Labute approximate surface area is 154 Å². The predicted molar refractivity (Wildman–Crippen MR) is 102 cm³/mol. The zero-order valence-electron chi connectivity index (χ0n) is 15.5. The summed E-state index contributed by atoms with van der Waals surface area (Å²) < 4.78 is 5.30. The molecule has 0 unspecified atom stereocenters. The van der Waals surface area contributed by atoms with Gasteiger partial charge in [0.1, 0.15) is 5.75 Å². The first-order chi connectivity index (χ1) is 12.5. The summed E-state index contributed by atoms with van der Waals surface area (Å²) in [5.74, 6) is 0.381. The number of carbonyl (C=O) groups is 2. The molecule has 1 heterocycles. The predicted octanol–water partition coefficient (Wildman–Crippen LogP) is 3.80. The van der Waals surface area contributed by atoms with Crippen LogP contribution in [0.4, 0.5) is 5.69 Å². The van der Waals surface area contributed by atoms with Gasteiger partial charge in [-0.15, -0.1) is 0 Å². The standard InChI is InChI=1S/C21H24N2O3/c1-14-9-10-16(13-18(14)26-3)20(24)22-19-15(2)7-6-8-17(19)21(25)23-11-4-5-12-23/h6-10,13H,4-5,11-12H2,1-3H3,(H,22,24). The number of benzene rings is 2. The molecular weight excluding hydrogens is 328 g/mol. The van der Waals surface area contributed by atoms with Crippen LogP contribution in [0.2, 0.25) is 0 Å². The maximum atomic E-state index is 12.8. The Morgan fingerprint density at radius 1 is 1.04 bits per heavy atom. The highest BCUT2D eigenvalue weighted by molar-refractivity contribution is 6.09. The van der Waals surface area contributed by atoms with Crippen LogP contribution >= 0.6 is 0 Å². The third kappa shape index (κ3) is 3.57. The van der Waals surface area contributed by atoms with Gasteiger partial charge in [-0.2, -0.15) is 0 Å². The van der Waals surface area contributed by atoms with E-state index in [1.807, 2.05) is 36.9 Å². The number of nitrogens with zero attached hydrogens (tertiary/aromatic N) is 1. The van der Waals surface area contributed by atoms with Crippen molar-refractivity contribution in [3.63, 3.8) is 0 Å². The molecule has 1 N–H and O–H groups in total. The Hall–Kier alpha value is -2.82. The van der Waals surface area contributed by atoms with Crippen LogP contribution in [0, 0.1) is 13.8 Å². The van der Waals surface area contributed by atoms with Crippen molar-refractivity contribution in [2.75, 3.05) is 25.5 Å². The number of amides is 2. The molecule has 0 atom stereocenters. The van der Waals surface area contributed by atoms with Gasteiger partial charge in [-0.1, -0.05) is 18.2 Å². The van der Waals surface area contributed by atoms with E-state index in [1.54, 1.807) is 25.3 Å². The summed E-state index contributed by atoms with van der Waals surface area (Å²) in [5, 5.41) is 2.93. The van der Waals surface area contributed by atoms with Crippen molar-refractivity contribution < 1.29 is 14.3 Å². The fourth-order valence-corrected chi connectivity index (χ4v) is 3.25. The lowest BCUT2D eigenvalue weighted by Gasteiger charge is -2.19. The number of anilines is 1. The third-order valence-electron chi connectivity index (χ3n) is 4.81. The number of rotatable bonds is 4. The number of nitrogens with one attached hydrogen (secondary N) is 1. The fraction of sp³-hybridized carbons (Fsp3) is 0.333. The first-order valence-electron chi connectivity index (χ1n) is 8.86. The second kappa shape index (κ2) is 7.60. The number of methoxy groups -OCH3 is 1. The second-order valence-corrected chi connectivity index (χ2v) is 6.64. The molecule has 0 radical (unpaired) electrons. The van der Waals surface area contributed by atoms with Crippen molar-refractivity contribution in [1.29, 1.82) is 0 Å². The topological polar surface area (TPSA) is 58.6 Å². The van der Waals surface area contributed by atoms with E-state index in [-0.39, 0.29) is 11.8 Å². The third-order valence-corrected chi connectivity index (χ3v) is 4.81. The van der Waals surface area contributed by atoms with E-state index in [4.69, 9.17) is 4.74 Å². The molecule has 1 saturated heterocycles. The lowest BCUT2D eigenvalue weighted by atomic mass is 10.1. The molecule has 1 fully saturated rings. The van der Waals surface area contributed by atoms with Crippen LogP contribution < -0.4 is 10.1 Å². The van der Waals surface area contributed by atoms with Crippen molar-refractivity contribution >= 4 is 17.5 Å². The Bertz CT molecular complexity index is 839. The number of likely N-dealkylation sites (tertiary alicyclic amines) is 1. The summed E-state index contributed by atoms with van der Waals surface area (Å²) in [7, 11) is 1.58. The van der Waals surface area contributed by atoms with Crippen molar-refractivity contribution in [3.8, 4) is 5.75 Å². The molecule has 136 valence electrons. The maximum absolute atomic E-state index is 12.8.